The number of nitrogens with two attached hydrogens (primary N) is 1. The number of anilines is 1. The Labute approximate surface area is 185 Å². The lowest BCUT2D eigenvalue weighted by molar-refractivity contribution is 0.100. The van der Waals surface area contributed by atoms with Crippen LogP contribution in [0.25, 0.3) is 22.0 Å². The Balaban J connectivity index is 1.78. The van der Waals surface area contributed by atoms with E-state index < -0.39 is 11.9 Å². The van der Waals surface area contributed by atoms with Crippen molar-refractivity contribution in [3.05, 3.63) is 66.0 Å². The lowest BCUT2D eigenvalue weighted by Gasteiger charge is -2.25. The number of pyridine rings is 2. The fourth-order valence-corrected chi connectivity index (χ4v) is 3.76. The highest BCUT2D eigenvalue weighted by molar-refractivity contribution is 6.07. The van der Waals surface area contributed by atoms with Crippen molar-refractivity contribution in [2.45, 2.75) is 25.6 Å². The molecule has 0 fully saturated rings. The number of hydrazine groups is 1. The van der Waals surface area contributed by atoms with Crippen LogP contribution in [0.1, 0.15) is 23.0 Å². The van der Waals surface area contributed by atoms with Crippen molar-refractivity contribution in [1.29, 1.82) is 0 Å². The molecule has 3 aromatic rings. The van der Waals surface area contributed by atoms with Crippen molar-refractivity contribution in [3.8, 4) is 11.1 Å². The van der Waals surface area contributed by atoms with Crippen LogP contribution in [0.3, 0.4) is 0 Å². The average molecular weight is 436 g/mol. The number of methoxy groups -OCH3 is 1. The first kappa shape index (κ1) is 21.7. The number of carbonyl (C=O) groups is 1. The van der Waals surface area contributed by atoms with Gasteiger partial charge in [-0.05, 0) is 42.8 Å². The van der Waals surface area contributed by atoms with Crippen LogP contribution < -0.4 is 16.5 Å². The summed E-state index contributed by atoms with van der Waals surface area (Å²) < 4.78 is 19.7. The Hall–Kier alpha value is -3.56. The lowest BCUT2D eigenvalue weighted by atomic mass is 10.0. The molecule has 0 saturated heterocycles. The number of benzene rings is 1. The maximum Gasteiger partial charge on any atom is 0.252 e. The van der Waals surface area contributed by atoms with Gasteiger partial charge in [0.05, 0.1) is 35.1 Å². The normalized spacial score (nSPS) is 16.5. The van der Waals surface area contributed by atoms with E-state index in [1.807, 2.05) is 31.3 Å². The summed E-state index contributed by atoms with van der Waals surface area (Å²) in [4.78, 5) is 20.5. The van der Waals surface area contributed by atoms with Gasteiger partial charge < -0.3 is 20.8 Å². The number of fused-ring (bicyclic) bond motifs is 1. The van der Waals surface area contributed by atoms with E-state index in [2.05, 4.69) is 20.7 Å². The summed E-state index contributed by atoms with van der Waals surface area (Å²) in [7, 11) is 3.44. The van der Waals surface area contributed by atoms with Crippen molar-refractivity contribution in [3.63, 3.8) is 0 Å². The van der Waals surface area contributed by atoms with Crippen LogP contribution >= 0.6 is 0 Å². The van der Waals surface area contributed by atoms with E-state index in [0.29, 0.717) is 33.4 Å². The van der Waals surface area contributed by atoms with E-state index in [9.17, 15) is 9.18 Å². The molecule has 2 unspecified atom stereocenters. The summed E-state index contributed by atoms with van der Waals surface area (Å²) in [6, 6.07) is 8.69. The summed E-state index contributed by atoms with van der Waals surface area (Å²) >= 11 is 0. The van der Waals surface area contributed by atoms with E-state index in [1.54, 1.807) is 30.3 Å². The van der Waals surface area contributed by atoms with Gasteiger partial charge in [0.2, 0.25) is 5.95 Å². The van der Waals surface area contributed by atoms with Crippen LogP contribution in [0.15, 0.2) is 48.8 Å². The van der Waals surface area contributed by atoms with Gasteiger partial charge in [0, 0.05) is 43.5 Å². The van der Waals surface area contributed by atoms with E-state index >= 15 is 0 Å². The molecule has 1 aliphatic heterocycles. The first-order valence-corrected chi connectivity index (χ1v) is 10.2. The van der Waals surface area contributed by atoms with Gasteiger partial charge in [0.15, 0.2) is 0 Å². The maximum absolute atomic E-state index is 14.7. The second-order valence-electron chi connectivity index (χ2n) is 7.76. The zero-order valence-corrected chi connectivity index (χ0v) is 18.1. The first-order chi connectivity index (χ1) is 15.4. The van der Waals surface area contributed by atoms with Gasteiger partial charge in [-0.3, -0.25) is 9.78 Å². The van der Waals surface area contributed by atoms with Crippen LogP contribution in [-0.4, -0.2) is 47.1 Å². The summed E-state index contributed by atoms with van der Waals surface area (Å²) in [6.45, 7) is 2.23. The largest absolute Gasteiger partial charge is 0.379 e. The van der Waals surface area contributed by atoms with E-state index in [1.165, 1.54) is 13.3 Å². The molecule has 166 valence electrons. The third kappa shape index (κ3) is 4.25. The second-order valence-corrected chi connectivity index (χ2v) is 7.76. The monoisotopic (exact) mass is 436 g/mol. The topological polar surface area (TPSA) is 105 Å². The second kappa shape index (κ2) is 8.89. The number of amides is 1. The molecule has 3 heterocycles. The van der Waals surface area contributed by atoms with Crippen LogP contribution in [0.5, 0.6) is 0 Å². The molecule has 2 aromatic heterocycles. The third-order valence-electron chi connectivity index (χ3n) is 5.42. The number of carbonyl (C=O) groups excluding carboxylic acids is 1. The highest BCUT2D eigenvalue weighted by Crippen LogP contribution is 2.32. The highest BCUT2D eigenvalue weighted by atomic mass is 19.1. The molecule has 2 atom stereocenters. The quantitative estimate of drug-likeness (QED) is 0.489. The molecule has 8 nitrogen and oxygen atoms in total. The first-order valence-electron chi connectivity index (χ1n) is 10.2. The molecular formula is C23H25FN6O2. The summed E-state index contributed by atoms with van der Waals surface area (Å²) in [5.74, 6) is -1.19. The van der Waals surface area contributed by atoms with Crippen molar-refractivity contribution in [1.82, 2.24) is 20.4 Å². The summed E-state index contributed by atoms with van der Waals surface area (Å²) in [5, 5.41) is 5.94. The molecular weight excluding hydrogens is 411 g/mol. The molecule has 0 aliphatic carbocycles. The lowest BCUT2D eigenvalue weighted by Crippen LogP contribution is -2.42. The smallest absolute Gasteiger partial charge is 0.252 e. The Morgan fingerprint density at radius 1 is 1.38 bits per heavy atom. The fourth-order valence-electron chi connectivity index (χ4n) is 3.76. The van der Waals surface area contributed by atoms with E-state index in [4.69, 9.17) is 10.5 Å². The molecule has 1 amide bonds. The number of aromatic nitrogens is 2. The van der Waals surface area contributed by atoms with Gasteiger partial charge in [-0.15, -0.1) is 0 Å². The van der Waals surface area contributed by atoms with Crippen molar-refractivity contribution < 1.29 is 13.9 Å². The molecule has 9 heteroatoms. The number of nitrogens with zero attached hydrogens (tertiary/aromatic N) is 3. The maximum atomic E-state index is 14.7. The molecule has 4 rings (SSSR count). The minimum atomic E-state index is -0.594. The molecule has 32 heavy (non-hydrogen) atoms. The number of hydrogen-bond acceptors (Lipinski definition) is 7. The van der Waals surface area contributed by atoms with Crippen molar-refractivity contribution in [2.24, 2.45) is 5.73 Å². The molecule has 0 spiro atoms. The minimum absolute atomic E-state index is 0.0158. The number of ether oxygens (including phenoxy) is 1. The van der Waals surface area contributed by atoms with E-state index in [-0.39, 0.29) is 24.3 Å². The van der Waals surface area contributed by atoms with Gasteiger partial charge in [-0.25, -0.2) is 10.4 Å². The fraction of sp³-hybridized carbons (Fsp3) is 0.261. The van der Waals surface area contributed by atoms with E-state index in [0.717, 1.165) is 0 Å². The number of nitrogens with one attached hydrogen (secondary N) is 2. The van der Waals surface area contributed by atoms with Crippen LogP contribution in [0.4, 0.5) is 10.1 Å². The van der Waals surface area contributed by atoms with Gasteiger partial charge in [0.1, 0.15) is 0 Å². The zero-order valence-electron chi connectivity index (χ0n) is 18.1. The Morgan fingerprint density at radius 2 is 2.19 bits per heavy atom. The van der Waals surface area contributed by atoms with Crippen LogP contribution in [-0.2, 0) is 11.3 Å². The Kier molecular flexibility index (Phi) is 6.02. The van der Waals surface area contributed by atoms with Gasteiger partial charge in [0.25, 0.3) is 5.91 Å². The Morgan fingerprint density at radius 3 is 2.84 bits per heavy atom. The molecule has 0 radical (unpaired) electrons. The zero-order chi connectivity index (χ0) is 22.8. The summed E-state index contributed by atoms with van der Waals surface area (Å²) in [5.41, 5.74) is 11.9. The van der Waals surface area contributed by atoms with Gasteiger partial charge in [-0.2, -0.15) is 4.39 Å². The predicted molar refractivity (Wildman–Crippen MR) is 121 cm³/mol. The van der Waals surface area contributed by atoms with Gasteiger partial charge >= 0.3 is 0 Å². The SMILES string of the molecule is COCc1ccc(-c2ccc3ncc(C(N)=O)c(NC(C)C4C=CN(C)N4)c3c2)c(F)n1. The molecule has 0 saturated carbocycles. The van der Waals surface area contributed by atoms with Crippen LogP contribution in [0, 0.1) is 5.95 Å². The third-order valence-corrected chi connectivity index (χ3v) is 5.42. The number of halogens is 1. The molecule has 4 N–H and O–H groups in total. The van der Waals surface area contributed by atoms with Crippen molar-refractivity contribution in [2.75, 3.05) is 19.5 Å². The summed E-state index contributed by atoms with van der Waals surface area (Å²) in [6.07, 6.45) is 5.42. The predicted octanol–water partition coefficient (Wildman–Crippen LogP) is 2.81. The number of hydrogen-bond donors (Lipinski definition) is 3. The van der Waals surface area contributed by atoms with Crippen molar-refractivity contribution >= 4 is 22.5 Å². The average Bonchev–Trinajstić information content (AvgIpc) is 3.20. The molecule has 0 bridgehead atoms. The standard InChI is InChI=1S/C23H25FN6O2/c1-13(19-8-9-30(2)29-19)27-21-17-10-14(4-7-20(17)26-11-18(21)23(25)31)16-6-5-15(12-32-3)28-22(16)24/h4-11,13,19,29H,12H2,1-3H3,(H2,25,31)(H,26,27). The molecule has 1 aliphatic rings. The highest BCUT2D eigenvalue weighted by Gasteiger charge is 2.23. The number of rotatable bonds is 7. The number of primary amides is 1. The van der Waals surface area contributed by atoms with Crippen LogP contribution in [0.2, 0.25) is 0 Å². The molecule has 1 aromatic carbocycles. The van der Waals surface area contributed by atoms with Gasteiger partial charge in [-0.1, -0.05) is 6.07 Å². The minimum Gasteiger partial charge on any atom is -0.379 e. The Bertz CT molecular complexity index is 1200.